The number of benzene rings is 2. The highest BCUT2D eigenvalue weighted by Gasteiger charge is 2.25. The molecule has 4 heteroatoms. The van der Waals surface area contributed by atoms with E-state index in [1.54, 1.807) is 0 Å². The summed E-state index contributed by atoms with van der Waals surface area (Å²) in [5.41, 5.74) is 5.25. The van der Waals surface area contributed by atoms with E-state index in [1.807, 2.05) is 11.8 Å². The minimum Gasteiger partial charge on any atom is -1.00 e. The van der Waals surface area contributed by atoms with Crippen molar-refractivity contribution in [3.63, 3.8) is 0 Å². The Hall–Kier alpha value is -1.53. The largest absolute Gasteiger partial charge is 1.00 e. The number of thioether (sulfide) groups is 1. The molecular weight excluding hydrogens is 451 g/mol. The number of anilines is 1. The third kappa shape index (κ3) is 3.25. The van der Waals surface area contributed by atoms with Gasteiger partial charge in [0.15, 0.2) is 0 Å². The van der Waals surface area contributed by atoms with Gasteiger partial charge in [0.25, 0.3) is 0 Å². The predicted molar refractivity (Wildman–Crippen MR) is 108 cm³/mol. The van der Waals surface area contributed by atoms with Gasteiger partial charge in [-0.3, -0.25) is 0 Å². The van der Waals surface area contributed by atoms with Crippen LogP contribution in [0.5, 0.6) is 0 Å². The number of nitrogens with zero attached hydrogens (tertiary/aromatic N) is 2. The van der Waals surface area contributed by atoms with Crippen LogP contribution < -0.4 is 33.4 Å². The predicted octanol–water partition coefficient (Wildman–Crippen LogP) is 2.39. The van der Waals surface area contributed by atoms with Crippen molar-refractivity contribution >= 4 is 34.4 Å². The lowest BCUT2D eigenvalue weighted by Gasteiger charge is -2.17. The summed E-state index contributed by atoms with van der Waals surface area (Å²) in [4.78, 5) is 3.75. The fraction of sp³-hybridized carbons (Fsp3) is 0.227. The van der Waals surface area contributed by atoms with Gasteiger partial charge in [0.05, 0.1) is 10.7 Å². The molecule has 2 heterocycles. The van der Waals surface area contributed by atoms with Gasteiger partial charge in [-0.2, -0.15) is 4.57 Å². The number of hydrogen-bond acceptors (Lipinski definition) is 2. The van der Waals surface area contributed by atoms with Crippen LogP contribution in [-0.4, -0.2) is 6.54 Å². The molecule has 134 valence electrons. The fourth-order valence-electron chi connectivity index (χ4n) is 3.66. The van der Waals surface area contributed by atoms with Crippen LogP contribution in [0.15, 0.2) is 64.5 Å². The fourth-order valence-corrected chi connectivity index (χ4v) is 4.83. The average Bonchev–Trinajstić information content (AvgIpc) is 2.99. The van der Waals surface area contributed by atoms with E-state index in [0.717, 1.165) is 13.1 Å². The zero-order valence-corrected chi connectivity index (χ0v) is 18.3. The molecule has 4 rings (SSSR count). The third-order valence-electron chi connectivity index (χ3n) is 4.82. The van der Waals surface area contributed by atoms with E-state index in [-0.39, 0.29) is 24.0 Å². The van der Waals surface area contributed by atoms with Gasteiger partial charge in [-0.15, -0.1) is 0 Å². The Bertz CT molecular complexity index is 981. The van der Waals surface area contributed by atoms with Crippen LogP contribution in [0.25, 0.3) is 17.0 Å². The van der Waals surface area contributed by atoms with Crippen molar-refractivity contribution in [1.82, 2.24) is 0 Å². The number of halogens is 1. The van der Waals surface area contributed by atoms with E-state index in [0.29, 0.717) is 0 Å². The van der Waals surface area contributed by atoms with Crippen LogP contribution in [0.2, 0.25) is 0 Å². The molecule has 0 saturated carbocycles. The summed E-state index contributed by atoms with van der Waals surface area (Å²) in [7, 11) is 0. The summed E-state index contributed by atoms with van der Waals surface area (Å²) in [6.07, 6.45) is 2.34. The van der Waals surface area contributed by atoms with Gasteiger partial charge in [0.2, 0.25) is 11.2 Å². The summed E-state index contributed by atoms with van der Waals surface area (Å²) in [5.74, 6) is 0. The molecule has 0 spiro atoms. The molecular formula is C22H23IN2S. The first-order chi connectivity index (χ1) is 12.2. The molecule has 1 aromatic heterocycles. The first-order valence-electron chi connectivity index (χ1n) is 8.91. The Kier molecular flexibility index (Phi) is 5.92. The number of rotatable bonds is 3. The highest BCUT2D eigenvalue weighted by Crippen LogP contribution is 2.46. The third-order valence-corrected chi connectivity index (χ3v) is 5.94. The SMILES string of the molecule is CCN1/C(=C\c2ccc3cccc(C)c3[n+]2CC)Sc2ccccc21.[I-]. The molecule has 0 bridgehead atoms. The van der Waals surface area contributed by atoms with E-state index >= 15 is 0 Å². The maximum absolute atomic E-state index is 2.43. The lowest BCUT2D eigenvalue weighted by Crippen LogP contribution is -3.00. The smallest absolute Gasteiger partial charge is 0.215 e. The average molecular weight is 474 g/mol. The van der Waals surface area contributed by atoms with Crippen LogP contribution >= 0.6 is 11.8 Å². The Morgan fingerprint density at radius 1 is 1.00 bits per heavy atom. The molecule has 0 aliphatic carbocycles. The standard InChI is InChI=1S/C22H23N2S.HI/c1-4-23-18(14-13-17-10-8-9-16(3)22(17)23)15-21-24(5-2)19-11-6-7-12-20(19)25-21;/h6-15H,4-5H2,1-3H3;1H/q+1;/p-1. The van der Waals surface area contributed by atoms with E-state index in [4.69, 9.17) is 0 Å². The van der Waals surface area contributed by atoms with Crippen molar-refractivity contribution in [2.45, 2.75) is 32.2 Å². The van der Waals surface area contributed by atoms with Gasteiger partial charge in [-0.05, 0) is 45.0 Å². The number of hydrogen-bond donors (Lipinski definition) is 0. The topological polar surface area (TPSA) is 7.12 Å². The first kappa shape index (κ1) is 19.2. The van der Waals surface area contributed by atoms with Crippen LogP contribution in [0.1, 0.15) is 25.1 Å². The number of aryl methyl sites for hydroxylation is 2. The van der Waals surface area contributed by atoms with Crippen LogP contribution in [0.4, 0.5) is 5.69 Å². The highest BCUT2D eigenvalue weighted by atomic mass is 127. The maximum Gasteiger partial charge on any atom is 0.215 e. The second-order valence-corrected chi connectivity index (χ2v) is 7.37. The summed E-state index contributed by atoms with van der Waals surface area (Å²) < 4.78 is 2.43. The number of pyridine rings is 1. The number of para-hydroxylation sites is 2. The molecule has 0 N–H and O–H groups in total. The second kappa shape index (κ2) is 8.01. The first-order valence-corrected chi connectivity index (χ1v) is 9.73. The summed E-state index contributed by atoms with van der Waals surface area (Å²) in [5, 5.41) is 2.61. The highest BCUT2D eigenvalue weighted by molar-refractivity contribution is 8.03. The molecule has 0 unspecified atom stereocenters. The number of fused-ring (bicyclic) bond motifs is 2. The summed E-state index contributed by atoms with van der Waals surface area (Å²) in [6.45, 7) is 8.58. The lowest BCUT2D eigenvalue weighted by atomic mass is 10.1. The molecule has 0 amide bonds. The van der Waals surface area contributed by atoms with Crippen molar-refractivity contribution in [2.24, 2.45) is 0 Å². The molecule has 0 saturated heterocycles. The van der Waals surface area contributed by atoms with Gasteiger partial charge >= 0.3 is 0 Å². The molecule has 2 nitrogen and oxygen atoms in total. The molecule has 0 atom stereocenters. The summed E-state index contributed by atoms with van der Waals surface area (Å²) >= 11 is 1.87. The van der Waals surface area contributed by atoms with Crippen molar-refractivity contribution in [2.75, 3.05) is 11.4 Å². The van der Waals surface area contributed by atoms with Crippen LogP contribution in [0.3, 0.4) is 0 Å². The zero-order chi connectivity index (χ0) is 17.4. The Balaban J connectivity index is 0.00000196. The van der Waals surface area contributed by atoms with Gasteiger partial charge in [-0.25, -0.2) is 0 Å². The Morgan fingerprint density at radius 3 is 2.58 bits per heavy atom. The molecule has 2 aromatic carbocycles. The van der Waals surface area contributed by atoms with Gasteiger partial charge in [0, 0.05) is 34.5 Å². The quantitative estimate of drug-likeness (QED) is 0.425. The normalized spacial score (nSPS) is 14.6. The molecule has 0 fully saturated rings. The molecule has 1 aliphatic rings. The second-order valence-electron chi connectivity index (χ2n) is 6.31. The summed E-state index contributed by atoms with van der Waals surface area (Å²) in [6, 6.07) is 19.7. The molecule has 1 aliphatic heterocycles. The van der Waals surface area contributed by atoms with Crippen molar-refractivity contribution < 1.29 is 28.5 Å². The van der Waals surface area contributed by atoms with Crippen molar-refractivity contribution in [1.29, 1.82) is 0 Å². The minimum atomic E-state index is 0. The van der Waals surface area contributed by atoms with Crippen molar-refractivity contribution in [3.05, 3.63) is 70.9 Å². The molecule has 3 aromatic rings. The van der Waals surface area contributed by atoms with Gasteiger partial charge in [0.1, 0.15) is 6.54 Å². The van der Waals surface area contributed by atoms with E-state index in [2.05, 4.69) is 90.9 Å². The van der Waals surface area contributed by atoms with E-state index < -0.39 is 0 Å². The monoisotopic (exact) mass is 474 g/mol. The van der Waals surface area contributed by atoms with Crippen LogP contribution in [0, 0.1) is 6.92 Å². The van der Waals surface area contributed by atoms with E-state index in [9.17, 15) is 0 Å². The number of aromatic nitrogens is 1. The van der Waals surface area contributed by atoms with Crippen molar-refractivity contribution in [3.8, 4) is 0 Å². The van der Waals surface area contributed by atoms with Crippen LogP contribution in [-0.2, 0) is 6.54 Å². The van der Waals surface area contributed by atoms with Gasteiger partial charge < -0.3 is 28.9 Å². The van der Waals surface area contributed by atoms with E-state index in [1.165, 1.54) is 37.8 Å². The lowest BCUT2D eigenvalue weighted by molar-refractivity contribution is -0.669. The minimum absolute atomic E-state index is 0. The van der Waals surface area contributed by atoms with Gasteiger partial charge in [-0.1, -0.05) is 36.0 Å². The maximum atomic E-state index is 2.43. The molecule has 0 radical (unpaired) electrons. The molecule has 26 heavy (non-hydrogen) atoms. The Morgan fingerprint density at radius 2 is 1.81 bits per heavy atom. The zero-order valence-electron chi connectivity index (χ0n) is 15.4. The Labute approximate surface area is 176 Å².